The van der Waals surface area contributed by atoms with Crippen molar-refractivity contribution in [2.75, 3.05) is 39.1 Å². The molecule has 2 heterocycles. The summed E-state index contributed by atoms with van der Waals surface area (Å²) in [7, 11) is 5.92. The fourth-order valence-electron chi connectivity index (χ4n) is 4.68. The van der Waals surface area contributed by atoms with Gasteiger partial charge in [-0.25, -0.2) is 4.98 Å². The monoisotopic (exact) mass is 394 g/mol. The van der Waals surface area contributed by atoms with Crippen LogP contribution in [0.5, 0.6) is 0 Å². The van der Waals surface area contributed by atoms with Gasteiger partial charge in [-0.1, -0.05) is 31.0 Å². The molecule has 6 heteroatoms. The molecule has 1 saturated heterocycles. The highest BCUT2D eigenvalue weighted by molar-refractivity contribution is 5.85. The Morgan fingerprint density at radius 1 is 1.21 bits per heavy atom. The second-order valence-corrected chi connectivity index (χ2v) is 8.54. The maximum Gasteiger partial charge on any atom is 0.191 e. The number of hydrogen-bond donors (Lipinski definition) is 2. The summed E-state index contributed by atoms with van der Waals surface area (Å²) in [6.07, 6.45) is 6.75. The maximum absolute atomic E-state index is 4.76. The van der Waals surface area contributed by atoms with Gasteiger partial charge in [-0.05, 0) is 37.0 Å². The number of guanidine groups is 1. The van der Waals surface area contributed by atoms with Crippen molar-refractivity contribution in [2.24, 2.45) is 4.99 Å². The van der Waals surface area contributed by atoms with Crippen LogP contribution in [0.25, 0.3) is 10.9 Å². The molecule has 1 aliphatic heterocycles. The minimum absolute atomic E-state index is 0.480. The van der Waals surface area contributed by atoms with E-state index in [-0.39, 0.29) is 0 Å². The molecular weight excluding hydrogens is 360 g/mol. The standard InChI is InChI=1S/C23H34N6/c1-24-23(26-18-12-13-29(16-18)19-8-4-5-9-19)25-15-17-14-22(28(2)3)27-21-11-7-6-10-20(17)21/h6-7,10-11,14,18-19H,4-5,8-9,12-13,15-16H2,1-3H3,(H2,24,25,26). The van der Waals surface area contributed by atoms with Crippen molar-refractivity contribution in [3.63, 3.8) is 0 Å². The Bertz CT molecular complexity index is 856. The Balaban J connectivity index is 1.40. The van der Waals surface area contributed by atoms with Crippen molar-refractivity contribution in [2.45, 2.75) is 50.7 Å². The predicted octanol–water partition coefficient (Wildman–Crippen LogP) is 2.98. The molecule has 1 atom stereocenters. The molecule has 2 fully saturated rings. The van der Waals surface area contributed by atoms with Gasteiger partial charge in [-0.3, -0.25) is 9.89 Å². The second kappa shape index (κ2) is 8.99. The van der Waals surface area contributed by atoms with E-state index >= 15 is 0 Å². The Kier molecular flexibility index (Phi) is 6.19. The van der Waals surface area contributed by atoms with E-state index in [1.807, 2.05) is 27.2 Å². The lowest BCUT2D eigenvalue weighted by Crippen LogP contribution is -2.45. The largest absolute Gasteiger partial charge is 0.363 e. The molecule has 0 radical (unpaired) electrons. The van der Waals surface area contributed by atoms with E-state index in [1.165, 1.54) is 49.6 Å². The predicted molar refractivity (Wildman–Crippen MR) is 122 cm³/mol. The van der Waals surface area contributed by atoms with Crippen molar-refractivity contribution in [3.8, 4) is 0 Å². The number of likely N-dealkylation sites (tertiary alicyclic amines) is 1. The number of nitrogens with zero attached hydrogens (tertiary/aromatic N) is 4. The molecule has 1 aromatic carbocycles. The van der Waals surface area contributed by atoms with Crippen LogP contribution in [0.2, 0.25) is 0 Å². The maximum atomic E-state index is 4.76. The number of hydrogen-bond acceptors (Lipinski definition) is 4. The molecule has 0 bridgehead atoms. The molecule has 0 spiro atoms. The molecule has 1 aromatic heterocycles. The molecule has 29 heavy (non-hydrogen) atoms. The van der Waals surface area contributed by atoms with Crippen LogP contribution in [0.3, 0.4) is 0 Å². The van der Waals surface area contributed by atoms with E-state index in [9.17, 15) is 0 Å². The lowest BCUT2D eigenvalue weighted by molar-refractivity contribution is 0.242. The number of fused-ring (bicyclic) bond motifs is 1. The van der Waals surface area contributed by atoms with E-state index in [0.29, 0.717) is 6.04 Å². The van der Waals surface area contributed by atoms with Gasteiger partial charge in [0.2, 0.25) is 0 Å². The highest BCUT2D eigenvalue weighted by atomic mass is 15.3. The Labute approximate surface area is 174 Å². The smallest absolute Gasteiger partial charge is 0.191 e. The number of para-hydroxylation sites is 1. The summed E-state index contributed by atoms with van der Waals surface area (Å²) in [6, 6.07) is 11.8. The molecule has 156 valence electrons. The van der Waals surface area contributed by atoms with Gasteiger partial charge in [0, 0.05) is 58.2 Å². The van der Waals surface area contributed by atoms with Gasteiger partial charge in [0.1, 0.15) is 5.82 Å². The third-order valence-electron chi connectivity index (χ3n) is 6.32. The van der Waals surface area contributed by atoms with Gasteiger partial charge >= 0.3 is 0 Å². The van der Waals surface area contributed by atoms with Gasteiger partial charge in [0.25, 0.3) is 0 Å². The summed E-state index contributed by atoms with van der Waals surface area (Å²) < 4.78 is 0. The fourth-order valence-corrected chi connectivity index (χ4v) is 4.68. The topological polar surface area (TPSA) is 55.8 Å². The third-order valence-corrected chi connectivity index (χ3v) is 6.32. The van der Waals surface area contributed by atoms with Crippen LogP contribution in [0.1, 0.15) is 37.7 Å². The average molecular weight is 395 g/mol. The number of anilines is 1. The number of pyridine rings is 1. The highest BCUT2D eigenvalue weighted by Gasteiger charge is 2.30. The van der Waals surface area contributed by atoms with Gasteiger partial charge in [0.15, 0.2) is 5.96 Å². The van der Waals surface area contributed by atoms with Crippen molar-refractivity contribution in [1.29, 1.82) is 0 Å². The normalized spacial score (nSPS) is 21.1. The SMILES string of the molecule is CN=C(NCc1cc(N(C)C)nc2ccccc12)NC1CCN(C2CCCC2)C1. The molecule has 1 saturated carbocycles. The summed E-state index contributed by atoms with van der Waals surface area (Å²) in [5.41, 5.74) is 2.27. The van der Waals surface area contributed by atoms with Crippen molar-refractivity contribution in [1.82, 2.24) is 20.5 Å². The first-order valence-electron chi connectivity index (χ1n) is 10.9. The minimum atomic E-state index is 0.480. The van der Waals surface area contributed by atoms with Crippen molar-refractivity contribution < 1.29 is 0 Å². The van der Waals surface area contributed by atoms with Crippen LogP contribution in [0, 0.1) is 0 Å². The first kappa shape index (κ1) is 20.0. The number of nitrogens with one attached hydrogen (secondary N) is 2. The zero-order valence-corrected chi connectivity index (χ0v) is 18.0. The van der Waals surface area contributed by atoms with Crippen LogP contribution in [0.15, 0.2) is 35.3 Å². The van der Waals surface area contributed by atoms with Crippen LogP contribution < -0.4 is 15.5 Å². The van der Waals surface area contributed by atoms with Gasteiger partial charge in [-0.15, -0.1) is 0 Å². The van der Waals surface area contributed by atoms with E-state index in [1.54, 1.807) is 0 Å². The second-order valence-electron chi connectivity index (χ2n) is 8.54. The molecule has 0 amide bonds. The molecule has 1 unspecified atom stereocenters. The minimum Gasteiger partial charge on any atom is -0.363 e. The van der Waals surface area contributed by atoms with Gasteiger partial charge in [0.05, 0.1) is 5.52 Å². The van der Waals surface area contributed by atoms with Crippen LogP contribution >= 0.6 is 0 Å². The summed E-state index contributed by atoms with van der Waals surface area (Å²) in [5, 5.41) is 8.36. The Hall–Kier alpha value is -2.34. The molecule has 2 N–H and O–H groups in total. The van der Waals surface area contributed by atoms with E-state index in [4.69, 9.17) is 4.98 Å². The fraction of sp³-hybridized carbons (Fsp3) is 0.565. The quantitative estimate of drug-likeness (QED) is 0.603. The number of rotatable bonds is 5. The van der Waals surface area contributed by atoms with E-state index in [0.717, 1.165) is 36.4 Å². The molecule has 2 aromatic rings. The average Bonchev–Trinajstić information content (AvgIpc) is 3.42. The van der Waals surface area contributed by atoms with Crippen LogP contribution in [0.4, 0.5) is 5.82 Å². The Morgan fingerprint density at radius 3 is 2.76 bits per heavy atom. The van der Waals surface area contributed by atoms with E-state index in [2.05, 4.69) is 49.7 Å². The lowest BCUT2D eigenvalue weighted by Gasteiger charge is -2.24. The molecular formula is C23H34N6. The number of benzene rings is 1. The molecule has 2 aliphatic rings. The Morgan fingerprint density at radius 2 is 2.00 bits per heavy atom. The molecule has 6 nitrogen and oxygen atoms in total. The summed E-state index contributed by atoms with van der Waals surface area (Å²) in [6.45, 7) is 3.07. The van der Waals surface area contributed by atoms with E-state index < -0.39 is 0 Å². The van der Waals surface area contributed by atoms with Gasteiger partial charge in [-0.2, -0.15) is 0 Å². The molecule has 1 aliphatic carbocycles. The van der Waals surface area contributed by atoms with Crippen molar-refractivity contribution >= 4 is 22.7 Å². The zero-order chi connectivity index (χ0) is 20.2. The first-order chi connectivity index (χ1) is 14.1. The van der Waals surface area contributed by atoms with Crippen LogP contribution in [-0.2, 0) is 6.54 Å². The lowest BCUT2D eigenvalue weighted by atomic mass is 10.1. The number of aliphatic imine (C=N–C) groups is 1. The highest BCUT2D eigenvalue weighted by Crippen LogP contribution is 2.26. The zero-order valence-electron chi connectivity index (χ0n) is 18.0. The van der Waals surface area contributed by atoms with Crippen LogP contribution in [-0.4, -0.2) is 62.2 Å². The molecule has 4 rings (SSSR count). The summed E-state index contributed by atoms with van der Waals surface area (Å²) >= 11 is 0. The summed E-state index contributed by atoms with van der Waals surface area (Å²) in [5.74, 6) is 1.86. The van der Waals surface area contributed by atoms with Crippen molar-refractivity contribution in [3.05, 3.63) is 35.9 Å². The number of aromatic nitrogens is 1. The first-order valence-corrected chi connectivity index (χ1v) is 10.9. The van der Waals surface area contributed by atoms with Gasteiger partial charge < -0.3 is 15.5 Å². The third kappa shape index (κ3) is 4.64. The summed E-state index contributed by atoms with van der Waals surface area (Å²) in [4.78, 5) is 14.0.